The molecule has 0 bridgehead atoms. The van der Waals surface area contributed by atoms with Gasteiger partial charge in [-0.25, -0.2) is 0 Å². The number of carboxylic acid groups (broad SMARTS) is 1. The third kappa shape index (κ3) is 2.90. The Morgan fingerprint density at radius 3 is 2.63 bits per heavy atom. The number of hydrogen-bond acceptors (Lipinski definition) is 2. The Kier molecular flexibility index (Phi) is 4.96. The van der Waals surface area contributed by atoms with Crippen molar-refractivity contribution < 1.29 is 14.7 Å². The molecule has 0 radical (unpaired) electrons. The van der Waals surface area contributed by atoms with E-state index < -0.39 is 5.97 Å². The second kappa shape index (κ2) is 6.88. The van der Waals surface area contributed by atoms with Crippen LogP contribution in [0, 0.1) is 46.3 Å². The Morgan fingerprint density at radius 2 is 1.89 bits per heavy atom. The fourth-order valence-electron chi connectivity index (χ4n) is 8.62. The molecule has 1 N–H and O–H groups in total. The smallest absolute Gasteiger partial charge is 0.303 e. The molecule has 0 saturated heterocycles. The number of rotatable bonds is 4. The lowest BCUT2D eigenvalue weighted by Crippen LogP contribution is -2.56. The molecule has 8 atom stereocenters. The fraction of sp³-hybridized carbons (Fsp3) is 0.917. The number of ketones is 1. The molecular weight excluding hydrogens is 336 g/mol. The van der Waals surface area contributed by atoms with Gasteiger partial charge in [-0.3, -0.25) is 9.59 Å². The van der Waals surface area contributed by atoms with E-state index in [-0.39, 0.29) is 5.41 Å². The number of Topliss-reactive ketones (excluding diaryl/α,β-unsaturated/α-hetero) is 1. The maximum Gasteiger partial charge on any atom is 0.303 e. The molecule has 0 spiro atoms. The number of hydrogen-bond donors (Lipinski definition) is 1. The monoisotopic (exact) mass is 374 g/mol. The summed E-state index contributed by atoms with van der Waals surface area (Å²) in [6, 6.07) is 0. The summed E-state index contributed by atoms with van der Waals surface area (Å²) >= 11 is 0. The quantitative estimate of drug-likeness (QED) is 0.685. The second-order valence-corrected chi connectivity index (χ2v) is 10.9. The SMILES string of the molecule is C[C@H](CCC(=O)O)[C@H]1CC[C@H]2[C@@H]3CCC4CCCC(=O)[C@]4(C)[C@H]3CC[C@]12C. The van der Waals surface area contributed by atoms with E-state index in [1.807, 2.05) is 0 Å². The maximum absolute atomic E-state index is 13.0. The van der Waals surface area contributed by atoms with Crippen LogP contribution in [0.2, 0.25) is 0 Å². The third-order valence-corrected chi connectivity index (χ3v) is 10.0. The molecule has 0 aliphatic heterocycles. The summed E-state index contributed by atoms with van der Waals surface area (Å²) in [5.74, 6) is 3.79. The maximum atomic E-state index is 13.0. The standard InChI is InChI=1S/C24H38O3/c1-15(7-12-22(26)27)18-10-11-19-17-9-8-16-5-4-6-21(25)24(16,3)20(17)13-14-23(18,19)2/h15-20H,4-14H2,1-3H3,(H,26,27)/t15-,16?,17+,18-,19+,20+,23-,24+/m1/s1. The Hall–Kier alpha value is -0.860. The van der Waals surface area contributed by atoms with Crippen LogP contribution in [0.4, 0.5) is 0 Å². The summed E-state index contributed by atoms with van der Waals surface area (Å²) in [5.41, 5.74) is 0.315. The summed E-state index contributed by atoms with van der Waals surface area (Å²) in [4.78, 5) is 24.1. The fourth-order valence-corrected chi connectivity index (χ4v) is 8.62. The highest BCUT2D eigenvalue weighted by atomic mass is 16.4. The molecule has 4 rings (SSSR count). The lowest BCUT2D eigenvalue weighted by atomic mass is 9.44. The van der Waals surface area contributed by atoms with Crippen LogP contribution < -0.4 is 0 Å². The first-order valence-electron chi connectivity index (χ1n) is 11.5. The van der Waals surface area contributed by atoms with Crippen LogP contribution in [0.3, 0.4) is 0 Å². The molecule has 0 aromatic heterocycles. The minimum atomic E-state index is -0.660. The first-order chi connectivity index (χ1) is 12.8. The van der Waals surface area contributed by atoms with Crippen molar-refractivity contribution in [3.63, 3.8) is 0 Å². The lowest BCUT2D eigenvalue weighted by molar-refractivity contribution is -0.156. The highest BCUT2D eigenvalue weighted by molar-refractivity contribution is 5.86. The molecule has 0 aromatic carbocycles. The van der Waals surface area contributed by atoms with Crippen molar-refractivity contribution in [1.29, 1.82) is 0 Å². The molecule has 4 saturated carbocycles. The van der Waals surface area contributed by atoms with E-state index in [9.17, 15) is 9.59 Å². The van der Waals surface area contributed by atoms with Crippen molar-refractivity contribution in [1.82, 2.24) is 0 Å². The van der Waals surface area contributed by atoms with Gasteiger partial charge in [-0.05, 0) is 98.7 Å². The summed E-state index contributed by atoms with van der Waals surface area (Å²) in [5, 5.41) is 9.09. The van der Waals surface area contributed by atoms with Gasteiger partial charge in [0.15, 0.2) is 0 Å². The van der Waals surface area contributed by atoms with Crippen LogP contribution in [0.25, 0.3) is 0 Å². The van der Waals surface area contributed by atoms with Crippen molar-refractivity contribution >= 4 is 11.8 Å². The zero-order valence-corrected chi connectivity index (χ0v) is 17.5. The van der Waals surface area contributed by atoms with Gasteiger partial charge >= 0.3 is 5.97 Å². The molecule has 4 aliphatic rings. The van der Waals surface area contributed by atoms with Gasteiger partial charge in [0.25, 0.3) is 0 Å². The molecular formula is C24H38O3. The lowest BCUT2D eigenvalue weighted by Gasteiger charge is -2.60. The summed E-state index contributed by atoms with van der Waals surface area (Å²) < 4.78 is 0. The van der Waals surface area contributed by atoms with E-state index in [2.05, 4.69) is 20.8 Å². The van der Waals surface area contributed by atoms with Gasteiger partial charge in [0.1, 0.15) is 5.78 Å². The highest BCUT2D eigenvalue weighted by Crippen LogP contribution is 2.67. The molecule has 3 nitrogen and oxygen atoms in total. The van der Waals surface area contributed by atoms with E-state index >= 15 is 0 Å². The minimum absolute atomic E-state index is 0.0461. The Labute approximate surface area is 164 Å². The average Bonchev–Trinajstić information content (AvgIpc) is 2.98. The third-order valence-electron chi connectivity index (χ3n) is 10.0. The predicted octanol–water partition coefficient (Wildman–Crippen LogP) is 5.72. The van der Waals surface area contributed by atoms with Gasteiger partial charge in [0.2, 0.25) is 0 Å². The van der Waals surface area contributed by atoms with Crippen LogP contribution in [0.5, 0.6) is 0 Å². The minimum Gasteiger partial charge on any atom is -0.481 e. The number of aliphatic carboxylic acids is 1. The first-order valence-corrected chi connectivity index (χ1v) is 11.5. The molecule has 3 heteroatoms. The molecule has 0 heterocycles. The van der Waals surface area contributed by atoms with Gasteiger partial charge in [-0.15, -0.1) is 0 Å². The van der Waals surface area contributed by atoms with Crippen LogP contribution in [0.15, 0.2) is 0 Å². The molecule has 1 unspecified atom stereocenters. The topological polar surface area (TPSA) is 54.4 Å². The number of carbonyl (C=O) groups is 2. The zero-order valence-electron chi connectivity index (χ0n) is 17.5. The van der Waals surface area contributed by atoms with E-state index in [0.717, 1.165) is 31.1 Å². The average molecular weight is 375 g/mol. The second-order valence-electron chi connectivity index (χ2n) is 10.9. The zero-order chi connectivity index (χ0) is 19.4. The summed E-state index contributed by atoms with van der Waals surface area (Å²) in [7, 11) is 0. The summed E-state index contributed by atoms with van der Waals surface area (Å²) in [6.45, 7) is 7.14. The molecule has 0 aromatic rings. The summed E-state index contributed by atoms with van der Waals surface area (Å²) in [6.07, 6.45) is 11.9. The molecule has 0 amide bonds. The van der Waals surface area contributed by atoms with Gasteiger partial charge in [-0.1, -0.05) is 20.8 Å². The number of fused-ring (bicyclic) bond motifs is 5. The van der Waals surface area contributed by atoms with Crippen molar-refractivity contribution in [3.05, 3.63) is 0 Å². The van der Waals surface area contributed by atoms with Gasteiger partial charge < -0.3 is 5.11 Å². The number of carboxylic acids is 1. The first kappa shape index (κ1) is 19.5. The van der Waals surface area contributed by atoms with Crippen LogP contribution in [-0.4, -0.2) is 16.9 Å². The molecule has 4 fully saturated rings. The Bertz CT molecular complexity index is 613. The van der Waals surface area contributed by atoms with Crippen LogP contribution in [-0.2, 0) is 9.59 Å². The van der Waals surface area contributed by atoms with Crippen molar-refractivity contribution in [2.45, 2.75) is 91.4 Å². The van der Waals surface area contributed by atoms with Crippen molar-refractivity contribution in [2.75, 3.05) is 0 Å². The van der Waals surface area contributed by atoms with Gasteiger partial charge in [0.05, 0.1) is 0 Å². The van der Waals surface area contributed by atoms with E-state index in [1.165, 1.54) is 44.9 Å². The van der Waals surface area contributed by atoms with Crippen LogP contribution >= 0.6 is 0 Å². The molecule has 152 valence electrons. The number of carbonyl (C=O) groups excluding carboxylic acids is 1. The van der Waals surface area contributed by atoms with Crippen molar-refractivity contribution in [2.24, 2.45) is 46.3 Å². The van der Waals surface area contributed by atoms with E-state index in [0.29, 0.717) is 41.3 Å². The van der Waals surface area contributed by atoms with Crippen LogP contribution in [0.1, 0.15) is 91.4 Å². The van der Waals surface area contributed by atoms with E-state index in [4.69, 9.17) is 5.11 Å². The van der Waals surface area contributed by atoms with Gasteiger partial charge in [0, 0.05) is 18.3 Å². The largest absolute Gasteiger partial charge is 0.481 e. The Morgan fingerprint density at radius 1 is 1.11 bits per heavy atom. The highest BCUT2D eigenvalue weighted by Gasteiger charge is 2.62. The Balaban J connectivity index is 1.55. The molecule has 27 heavy (non-hydrogen) atoms. The molecule has 4 aliphatic carbocycles. The van der Waals surface area contributed by atoms with E-state index in [1.54, 1.807) is 0 Å². The van der Waals surface area contributed by atoms with Crippen molar-refractivity contribution in [3.8, 4) is 0 Å². The normalized spacial score (nSPS) is 47.7. The van der Waals surface area contributed by atoms with Gasteiger partial charge in [-0.2, -0.15) is 0 Å². The predicted molar refractivity (Wildman–Crippen MR) is 106 cm³/mol.